The van der Waals surface area contributed by atoms with Gasteiger partial charge in [0.25, 0.3) is 0 Å². The highest BCUT2D eigenvalue weighted by Crippen LogP contribution is 2.35. The van der Waals surface area contributed by atoms with Crippen LogP contribution in [0.3, 0.4) is 0 Å². The van der Waals surface area contributed by atoms with E-state index in [1.165, 1.54) is 48.8 Å². The molecular weight excluding hydrogens is 587 g/mol. The van der Waals surface area contributed by atoms with Crippen molar-refractivity contribution in [2.24, 2.45) is 0 Å². The average Bonchev–Trinajstić information content (AvgIpc) is 3.35. The maximum absolute atomic E-state index is 5.13. The minimum Gasteiger partial charge on any atom is -0.208 e. The van der Waals surface area contributed by atoms with Gasteiger partial charge in [-0.3, -0.25) is 0 Å². The summed E-state index contributed by atoms with van der Waals surface area (Å²) < 4.78 is 0. The van der Waals surface area contributed by atoms with Gasteiger partial charge in [-0.05, 0) is 78.4 Å². The molecule has 1 aromatic heterocycles. The quantitative estimate of drug-likeness (QED) is 0.185. The van der Waals surface area contributed by atoms with Gasteiger partial charge >= 0.3 is 0 Å². The van der Waals surface area contributed by atoms with Gasteiger partial charge in [-0.2, -0.15) is 0 Å². The van der Waals surface area contributed by atoms with E-state index >= 15 is 0 Å². The van der Waals surface area contributed by atoms with E-state index in [0.717, 1.165) is 22.1 Å². The van der Waals surface area contributed by atoms with Gasteiger partial charge in [-0.1, -0.05) is 140 Å². The van der Waals surface area contributed by atoms with Gasteiger partial charge in [0, 0.05) is 16.7 Å². The highest BCUT2D eigenvalue weighted by molar-refractivity contribution is 7.04. The van der Waals surface area contributed by atoms with Crippen LogP contribution in [0.15, 0.2) is 152 Å². The summed E-state index contributed by atoms with van der Waals surface area (Å²) in [5, 5.41) is 7.88. The lowest BCUT2D eigenvalue weighted by molar-refractivity contribution is 1.07. The molecule has 1 aliphatic heterocycles. The van der Waals surface area contributed by atoms with E-state index in [-0.39, 0.29) is 0 Å². The van der Waals surface area contributed by atoms with Gasteiger partial charge in [0.1, 0.15) is 8.07 Å². The molecule has 3 nitrogen and oxygen atoms in total. The van der Waals surface area contributed by atoms with E-state index in [0.29, 0.717) is 17.5 Å². The van der Waals surface area contributed by atoms with Crippen LogP contribution in [0.2, 0.25) is 13.1 Å². The van der Waals surface area contributed by atoms with Gasteiger partial charge in [0.2, 0.25) is 0 Å². The Labute approximate surface area is 275 Å². The summed E-state index contributed by atoms with van der Waals surface area (Å²) in [7, 11) is -1.85. The van der Waals surface area contributed by atoms with E-state index in [9.17, 15) is 0 Å². The summed E-state index contributed by atoms with van der Waals surface area (Å²) >= 11 is 0. The lowest BCUT2D eigenvalue weighted by atomic mass is 9.99. The summed E-state index contributed by atoms with van der Waals surface area (Å²) in [5.74, 6) is 2.03. The molecule has 9 rings (SSSR count). The molecule has 7 aromatic carbocycles. The van der Waals surface area contributed by atoms with Crippen molar-refractivity contribution in [2.45, 2.75) is 13.1 Å². The third-order valence-electron chi connectivity index (χ3n) is 9.67. The zero-order valence-electron chi connectivity index (χ0n) is 26.3. The normalized spacial score (nSPS) is 13.1. The van der Waals surface area contributed by atoms with Gasteiger partial charge in [-0.15, -0.1) is 0 Å². The molecule has 0 radical (unpaired) electrons. The summed E-state index contributed by atoms with van der Waals surface area (Å²) in [6.45, 7) is 4.92. The first-order valence-corrected chi connectivity index (χ1v) is 19.1. The molecule has 0 amide bonds. The lowest BCUT2D eigenvalue weighted by Gasteiger charge is -2.19. The van der Waals surface area contributed by atoms with Crippen molar-refractivity contribution in [2.75, 3.05) is 0 Å². The molecule has 0 saturated heterocycles. The van der Waals surface area contributed by atoms with Gasteiger partial charge < -0.3 is 0 Å². The van der Waals surface area contributed by atoms with Crippen LogP contribution in [0, 0.1) is 0 Å². The van der Waals surface area contributed by atoms with Crippen LogP contribution in [0.1, 0.15) is 0 Å². The minimum atomic E-state index is -1.85. The van der Waals surface area contributed by atoms with E-state index in [4.69, 9.17) is 15.0 Å². The molecular formula is C43H31N3Si. The zero-order valence-corrected chi connectivity index (χ0v) is 27.3. The van der Waals surface area contributed by atoms with Crippen LogP contribution >= 0.6 is 0 Å². The summed E-state index contributed by atoms with van der Waals surface area (Å²) in [4.78, 5) is 15.2. The topological polar surface area (TPSA) is 38.7 Å². The number of rotatable bonds is 4. The smallest absolute Gasteiger partial charge is 0.164 e. The Hall–Kier alpha value is -5.71. The fourth-order valence-corrected chi connectivity index (χ4v) is 10.2. The van der Waals surface area contributed by atoms with Crippen LogP contribution in [0.4, 0.5) is 0 Å². The second kappa shape index (κ2) is 10.7. The first kappa shape index (κ1) is 27.6. The first-order chi connectivity index (χ1) is 23.0. The zero-order chi connectivity index (χ0) is 31.5. The molecule has 0 atom stereocenters. The Kier molecular flexibility index (Phi) is 6.27. The predicted molar refractivity (Wildman–Crippen MR) is 199 cm³/mol. The van der Waals surface area contributed by atoms with Gasteiger partial charge in [-0.25, -0.2) is 15.0 Å². The van der Waals surface area contributed by atoms with E-state index in [1.807, 2.05) is 18.2 Å². The van der Waals surface area contributed by atoms with Crippen molar-refractivity contribution in [1.29, 1.82) is 0 Å². The van der Waals surface area contributed by atoms with Crippen LogP contribution < -0.4 is 10.4 Å². The standard InChI is InChI=1S/C43H31N3Si/c1-47(2)39-22-21-36(26-37(39)38-25-30-15-9-10-16-31(30)27-40(38)47)43-45-41(29-13-7-4-8-14-29)44-42(46-43)35-20-19-33-23-32(17-18-34(33)24-35)28-11-5-3-6-12-28/h3-27H,1-2H3. The van der Waals surface area contributed by atoms with Crippen molar-refractivity contribution < 1.29 is 0 Å². The largest absolute Gasteiger partial charge is 0.208 e. The Bertz CT molecular complexity index is 2490. The Morgan fingerprint density at radius 2 is 0.809 bits per heavy atom. The molecule has 0 bridgehead atoms. The molecule has 0 unspecified atom stereocenters. The molecule has 2 heterocycles. The molecule has 0 aliphatic carbocycles. The van der Waals surface area contributed by atoms with Gasteiger partial charge in [0.15, 0.2) is 17.5 Å². The number of aromatic nitrogens is 3. The van der Waals surface area contributed by atoms with Crippen LogP contribution in [0.5, 0.6) is 0 Å². The number of fused-ring (bicyclic) bond motifs is 5. The maximum Gasteiger partial charge on any atom is 0.164 e. The molecule has 8 aromatic rings. The van der Waals surface area contributed by atoms with Crippen LogP contribution in [-0.4, -0.2) is 23.0 Å². The molecule has 1 aliphatic rings. The van der Waals surface area contributed by atoms with Crippen LogP contribution in [0.25, 0.3) is 78.0 Å². The van der Waals surface area contributed by atoms with Crippen LogP contribution in [-0.2, 0) is 0 Å². The maximum atomic E-state index is 5.13. The molecule has 0 spiro atoms. The number of hydrogen-bond acceptors (Lipinski definition) is 3. The van der Waals surface area contributed by atoms with Crippen molar-refractivity contribution in [3.05, 3.63) is 152 Å². The second-order valence-electron chi connectivity index (χ2n) is 12.9. The lowest BCUT2D eigenvalue weighted by Crippen LogP contribution is -2.49. The highest BCUT2D eigenvalue weighted by Gasteiger charge is 2.37. The predicted octanol–water partition coefficient (Wildman–Crippen LogP) is 9.65. The Morgan fingerprint density at radius 1 is 0.340 bits per heavy atom. The fraction of sp³-hybridized carbons (Fsp3) is 0.0465. The molecule has 47 heavy (non-hydrogen) atoms. The average molecular weight is 618 g/mol. The van der Waals surface area contributed by atoms with Gasteiger partial charge in [0.05, 0.1) is 0 Å². The summed E-state index contributed by atoms with van der Waals surface area (Å²) in [6, 6.07) is 54.2. The highest BCUT2D eigenvalue weighted by atomic mass is 28.3. The minimum absolute atomic E-state index is 0.671. The number of nitrogens with zero attached hydrogens (tertiary/aromatic N) is 3. The molecule has 0 saturated carbocycles. The van der Waals surface area contributed by atoms with E-state index in [1.54, 1.807) is 0 Å². The Balaban J connectivity index is 1.18. The Morgan fingerprint density at radius 3 is 1.49 bits per heavy atom. The molecule has 222 valence electrons. The summed E-state index contributed by atoms with van der Waals surface area (Å²) in [6.07, 6.45) is 0. The third kappa shape index (κ3) is 4.68. The second-order valence-corrected chi connectivity index (χ2v) is 17.3. The third-order valence-corrected chi connectivity index (χ3v) is 13.2. The van der Waals surface area contributed by atoms with Crippen molar-refractivity contribution >= 4 is 40.0 Å². The van der Waals surface area contributed by atoms with E-state index < -0.39 is 8.07 Å². The monoisotopic (exact) mass is 617 g/mol. The van der Waals surface area contributed by atoms with Crippen molar-refractivity contribution in [1.82, 2.24) is 15.0 Å². The number of benzene rings is 7. The number of hydrogen-bond donors (Lipinski definition) is 0. The summed E-state index contributed by atoms with van der Waals surface area (Å²) in [5.41, 5.74) is 8.02. The molecule has 4 heteroatoms. The molecule has 0 N–H and O–H groups in total. The van der Waals surface area contributed by atoms with Crippen molar-refractivity contribution in [3.63, 3.8) is 0 Å². The first-order valence-electron chi connectivity index (χ1n) is 16.1. The molecule has 0 fully saturated rings. The van der Waals surface area contributed by atoms with E-state index in [2.05, 4.69) is 147 Å². The SMILES string of the molecule is C[Si]1(C)c2ccc(-c3nc(-c4ccccc4)nc(-c4ccc5cc(-c6ccccc6)ccc5c4)n3)cc2-c2cc3ccccc3cc21. The van der Waals surface area contributed by atoms with Crippen molar-refractivity contribution in [3.8, 4) is 56.4 Å². The fourth-order valence-electron chi connectivity index (χ4n) is 7.12.